The van der Waals surface area contributed by atoms with Crippen LogP contribution in [0.2, 0.25) is 0 Å². The van der Waals surface area contributed by atoms with E-state index >= 15 is 0 Å². The van der Waals surface area contributed by atoms with Gasteiger partial charge in [-0.15, -0.1) is 42.4 Å². The summed E-state index contributed by atoms with van der Waals surface area (Å²) in [5.74, 6) is 0.901. The Morgan fingerprint density at radius 1 is 0.652 bits per heavy atom. The van der Waals surface area contributed by atoms with E-state index in [0.717, 1.165) is 59.8 Å². The molecule has 4 aromatic heterocycles. The minimum absolute atomic E-state index is 0. The van der Waals surface area contributed by atoms with Gasteiger partial charge in [-0.25, -0.2) is 4.98 Å². The first-order valence-corrected chi connectivity index (χ1v) is 14.5. The number of hydrogen-bond acceptors (Lipinski definition) is 6. The summed E-state index contributed by atoms with van der Waals surface area (Å²) in [5.41, 5.74) is 6.37. The van der Waals surface area contributed by atoms with E-state index in [9.17, 15) is 0 Å². The van der Waals surface area contributed by atoms with Gasteiger partial charge in [0.15, 0.2) is 5.65 Å². The number of anilines is 1. The van der Waals surface area contributed by atoms with Crippen molar-refractivity contribution in [1.82, 2.24) is 18.8 Å². The minimum Gasteiger partial charge on any atom is -0.509 e. The molecule has 0 atom stereocenters. The van der Waals surface area contributed by atoms with Gasteiger partial charge in [0.05, 0.1) is 16.6 Å². The van der Waals surface area contributed by atoms with E-state index in [4.69, 9.17) is 13.8 Å². The van der Waals surface area contributed by atoms with Gasteiger partial charge < -0.3 is 23.6 Å². The maximum atomic E-state index is 7.59. The average molecular weight is 779 g/mol. The number of aromatic nitrogens is 3. The van der Waals surface area contributed by atoms with Crippen LogP contribution in [-0.4, -0.2) is 25.8 Å². The molecule has 0 fully saturated rings. The molecular weight excluding hydrogens is 754 g/mol. The molecule has 9 heteroatoms. The molecule has 8 nitrogen and oxygen atoms in total. The average Bonchev–Trinajstić information content (AvgIpc) is 3.81. The maximum absolute atomic E-state index is 7.59. The molecule has 0 amide bonds. The molecule has 46 heavy (non-hydrogen) atoms. The summed E-state index contributed by atoms with van der Waals surface area (Å²) >= 11 is 0. The molecule has 0 unspecified atom stereocenters. The van der Waals surface area contributed by atoms with Crippen molar-refractivity contribution >= 4 is 71.2 Å². The third-order valence-electron chi connectivity index (χ3n) is 8.55. The Morgan fingerprint density at radius 3 is 2.17 bits per heavy atom. The van der Waals surface area contributed by atoms with E-state index in [0.29, 0.717) is 17.2 Å². The SMILES string of the molecule is [2H]C([2H])([2H])N1[CH-]N(c2[c-]c(Oc3[c-]c4c(cc3)c3cccc5c6cccc7c8ccccc8n(c8cccnc8n4c35)c76)ccc2)N=N1.[Pt]. The summed E-state index contributed by atoms with van der Waals surface area (Å²) in [6, 6.07) is 41.6. The Bertz CT molecular complexity index is 2830. The van der Waals surface area contributed by atoms with Crippen LogP contribution in [-0.2, 0) is 21.1 Å². The minimum atomic E-state index is -2.44. The molecule has 0 radical (unpaired) electrons. The molecule has 0 N–H and O–H groups in total. The van der Waals surface area contributed by atoms with Crippen LogP contribution in [0.3, 0.4) is 0 Å². The first kappa shape index (κ1) is 23.9. The van der Waals surface area contributed by atoms with Crippen LogP contribution in [0.5, 0.6) is 11.5 Å². The van der Waals surface area contributed by atoms with Crippen LogP contribution >= 0.6 is 0 Å². The molecule has 0 spiro atoms. The van der Waals surface area contributed by atoms with Crippen molar-refractivity contribution in [2.75, 3.05) is 12.0 Å². The van der Waals surface area contributed by atoms with Gasteiger partial charge >= 0.3 is 0 Å². The summed E-state index contributed by atoms with van der Waals surface area (Å²) in [6.07, 6.45) is 1.83. The van der Waals surface area contributed by atoms with Crippen molar-refractivity contribution in [1.29, 1.82) is 0 Å². The van der Waals surface area contributed by atoms with Crippen molar-refractivity contribution in [2.45, 2.75) is 0 Å². The van der Waals surface area contributed by atoms with Crippen molar-refractivity contribution in [3.63, 3.8) is 0 Å². The van der Waals surface area contributed by atoms with E-state index in [2.05, 4.69) is 104 Å². The fourth-order valence-corrected chi connectivity index (χ4v) is 6.78. The number of benzene rings is 5. The smallest absolute Gasteiger partial charge is 0.160 e. The summed E-state index contributed by atoms with van der Waals surface area (Å²) in [5, 5.41) is 16.6. The van der Waals surface area contributed by atoms with Crippen molar-refractivity contribution < 1.29 is 29.9 Å². The van der Waals surface area contributed by atoms with Crippen molar-refractivity contribution in [3.8, 4) is 11.5 Å². The molecule has 1 aliphatic heterocycles. The second kappa shape index (κ2) is 10.0. The van der Waals surface area contributed by atoms with Crippen molar-refractivity contribution in [2.24, 2.45) is 10.4 Å². The number of nitrogens with zero attached hydrogens (tertiary/aromatic N) is 7. The summed E-state index contributed by atoms with van der Waals surface area (Å²) in [7, 11) is 0. The molecule has 1 aliphatic rings. The van der Waals surface area contributed by atoms with E-state index in [1.807, 2.05) is 18.3 Å². The second-order valence-corrected chi connectivity index (χ2v) is 11.0. The molecule has 0 aliphatic carbocycles. The Kier molecular flexibility index (Phi) is 5.20. The molecule has 5 heterocycles. The zero-order valence-corrected chi connectivity index (χ0v) is 26.1. The molecule has 10 rings (SSSR count). The van der Waals surface area contributed by atoms with Gasteiger partial charge in [0.2, 0.25) is 0 Å². The van der Waals surface area contributed by atoms with Gasteiger partial charge in [-0.3, -0.25) is 0 Å². The van der Waals surface area contributed by atoms with Crippen LogP contribution in [0.4, 0.5) is 5.69 Å². The quantitative estimate of drug-likeness (QED) is 0.168. The Morgan fingerprint density at radius 2 is 1.35 bits per heavy atom. The predicted molar refractivity (Wildman–Crippen MR) is 177 cm³/mol. The molecule has 9 aromatic rings. The van der Waals surface area contributed by atoms with Gasteiger partial charge in [-0.05, 0) is 30.6 Å². The number of fused-ring (bicyclic) bond motifs is 10. The number of para-hydroxylation sites is 3. The van der Waals surface area contributed by atoms with Crippen LogP contribution < -0.4 is 9.75 Å². The Labute approximate surface area is 281 Å². The fraction of sp³-hybridized carbons (Fsp3) is 0.0270. The van der Waals surface area contributed by atoms with Crippen LogP contribution in [0.1, 0.15) is 4.11 Å². The number of ether oxygens (including phenoxy) is 1. The Balaban J connectivity index is 0.00000325. The largest absolute Gasteiger partial charge is 0.509 e. The first-order chi connectivity index (χ1) is 23.4. The zero-order chi connectivity index (χ0) is 32.1. The molecular formula is C37H22N7OPt-3. The molecule has 224 valence electrons. The molecule has 5 aromatic carbocycles. The van der Waals surface area contributed by atoms with Gasteiger partial charge in [0.1, 0.15) is 0 Å². The maximum Gasteiger partial charge on any atom is 0.160 e. The van der Waals surface area contributed by atoms with Gasteiger partial charge in [0.25, 0.3) is 0 Å². The number of rotatable bonds is 3. The van der Waals surface area contributed by atoms with Gasteiger partial charge in [-0.1, -0.05) is 76.2 Å². The molecule has 0 bridgehead atoms. The standard InChI is InChI=1S/C37H22N7O.Pt/c1-41-22-42(40-39-41)23-8-4-9-24(20-23)45-25-17-18-27-29-12-6-14-31-30-13-5-11-28-26-10-2-3-15-32(26)43(35(28)30)33-16-7-19-38-37(33)44(36(29)31)34(27)21-25;/h2-19,22H,1H3;/q-3;/i1D3;. The first-order valence-electron chi connectivity index (χ1n) is 16.0. The summed E-state index contributed by atoms with van der Waals surface area (Å²) < 4.78 is 33.6. The van der Waals surface area contributed by atoms with Gasteiger partial charge in [0, 0.05) is 69.9 Å². The fourth-order valence-electron chi connectivity index (χ4n) is 6.78. The van der Waals surface area contributed by atoms with Crippen LogP contribution in [0.25, 0.3) is 65.5 Å². The monoisotopic (exact) mass is 778 g/mol. The molecule has 0 saturated carbocycles. The van der Waals surface area contributed by atoms with E-state index in [1.165, 1.54) is 22.5 Å². The van der Waals surface area contributed by atoms with E-state index in [1.54, 1.807) is 18.2 Å². The van der Waals surface area contributed by atoms with E-state index in [-0.39, 0.29) is 21.1 Å². The third-order valence-corrected chi connectivity index (χ3v) is 8.55. The van der Waals surface area contributed by atoms with E-state index < -0.39 is 6.98 Å². The summed E-state index contributed by atoms with van der Waals surface area (Å²) in [6.45, 7) is -1.14. The summed E-state index contributed by atoms with van der Waals surface area (Å²) in [4.78, 5) is 5.01. The van der Waals surface area contributed by atoms with Crippen LogP contribution in [0.15, 0.2) is 120 Å². The molecule has 0 saturated heterocycles. The number of hydrogen-bond donors (Lipinski definition) is 0. The van der Waals surface area contributed by atoms with Crippen molar-refractivity contribution in [3.05, 3.63) is 128 Å². The van der Waals surface area contributed by atoms with Crippen LogP contribution in [0, 0.1) is 18.8 Å². The number of pyridine rings is 1. The second-order valence-electron chi connectivity index (χ2n) is 11.0. The Hall–Kier alpha value is -5.46. The normalized spacial score (nSPS) is 14.6. The predicted octanol–water partition coefficient (Wildman–Crippen LogP) is 8.90. The van der Waals surface area contributed by atoms with Gasteiger partial charge in [-0.2, -0.15) is 12.1 Å². The zero-order valence-electron chi connectivity index (χ0n) is 26.8. The third kappa shape index (κ3) is 3.74. The topological polar surface area (TPSA) is 62.1 Å².